The molecule has 142 valence electrons. The average Bonchev–Trinajstić information content (AvgIpc) is 3.28. The number of hydrogen-bond acceptors (Lipinski definition) is 6. The molecule has 3 N–H and O–H groups in total. The topological polar surface area (TPSA) is 98.4 Å². The van der Waals surface area contributed by atoms with Gasteiger partial charge in [-0.3, -0.25) is 5.10 Å². The van der Waals surface area contributed by atoms with Crippen LogP contribution in [-0.2, 0) is 6.54 Å². The minimum absolute atomic E-state index is 0.645. The fourth-order valence-electron chi connectivity index (χ4n) is 3.33. The second kappa shape index (κ2) is 6.95. The molecule has 3 heterocycles. The molecule has 0 saturated heterocycles. The molecule has 0 atom stereocenters. The molecule has 3 aromatic heterocycles. The monoisotopic (exact) mass is 374 g/mol. The Kier molecular flexibility index (Phi) is 4.16. The van der Waals surface area contributed by atoms with Crippen LogP contribution in [0.15, 0.2) is 42.9 Å². The van der Waals surface area contributed by atoms with Crippen molar-refractivity contribution in [2.45, 2.75) is 32.2 Å². The second-order valence-electron chi connectivity index (χ2n) is 7.12. The Hall–Kier alpha value is -3.42. The predicted molar refractivity (Wildman–Crippen MR) is 109 cm³/mol. The fraction of sp³-hybridized carbons (Fsp3) is 0.300. The highest BCUT2D eigenvalue weighted by Crippen LogP contribution is 2.39. The van der Waals surface area contributed by atoms with Crippen LogP contribution in [-0.4, -0.2) is 36.7 Å². The summed E-state index contributed by atoms with van der Waals surface area (Å²) in [4.78, 5) is 18.7. The Morgan fingerprint density at radius 3 is 2.93 bits per heavy atom. The molecule has 8 nitrogen and oxygen atoms in total. The third-order valence-electron chi connectivity index (χ3n) is 5.04. The molecule has 0 unspecified atom stereocenters. The Morgan fingerprint density at radius 2 is 2.07 bits per heavy atom. The van der Waals surface area contributed by atoms with Crippen molar-refractivity contribution in [1.29, 1.82) is 0 Å². The van der Waals surface area contributed by atoms with Crippen LogP contribution in [0.5, 0.6) is 0 Å². The Balaban J connectivity index is 1.33. The maximum absolute atomic E-state index is 4.69. The van der Waals surface area contributed by atoms with E-state index in [9.17, 15) is 0 Å². The van der Waals surface area contributed by atoms with E-state index in [0.717, 1.165) is 35.8 Å². The number of hydrogen-bond donors (Lipinski definition) is 3. The Morgan fingerprint density at radius 1 is 1.14 bits per heavy atom. The van der Waals surface area contributed by atoms with Gasteiger partial charge in [-0.1, -0.05) is 6.07 Å². The number of fused-ring (bicyclic) bond motifs is 1. The van der Waals surface area contributed by atoms with Crippen molar-refractivity contribution in [2.24, 2.45) is 0 Å². The number of nitrogens with one attached hydrogen (secondary N) is 3. The van der Waals surface area contributed by atoms with Crippen LogP contribution < -0.4 is 10.2 Å². The van der Waals surface area contributed by atoms with Crippen LogP contribution in [0.1, 0.15) is 36.9 Å². The van der Waals surface area contributed by atoms with Crippen LogP contribution in [0.2, 0.25) is 0 Å². The van der Waals surface area contributed by atoms with Crippen LogP contribution >= 0.6 is 0 Å². The summed E-state index contributed by atoms with van der Waals surface area (Å²) in [6.45, 7) is 3.63. The quantitative estimate of drug-likeness (QED) is 0.456. The molecule has 5 rings (SSSR count). The van der Waals surface area contributed by atoms with Crippen molar-refractivity contribution in [3.8, 4) is 0 Å². The molecule has 28 heavy (non-hydrogen) atoms. The number of aromatic nitrogens is 6. The number of benzene rings is 1. The highest BCUT2D eigenvalue weighted by molar-refractivity contribution is 5.75. The highest BCUT2D eigenvalue weighted by Gasteiger charge is 2.25. The van der Waals surface area contributed by atoms with Gasteiger partial charge in [0.1, 0.15) is 5.82 Å². The standard InChI is InChI=1S/C20H22N8/c1-2-28(11-13-3-6-15-17(9-13)23-12-22-15)20-21-8-7-18(25-20)24-19-10-16(26-27-19)14-4-5-14/h3,6-10,12,14H,2,4-5,11H2,1H3,(H,22,23)(H2,21,24,25,26,27). The molecule has 1 aliphatic rings. The largest absolute Gasteiger partial charge is 0.345 e. The smallest absolute Gasteiger partial charge is 0.227 e. The molecule has 1 saturated carbocycles. The first-order chi connectivity index (χ1) is 13.8. The third-order valence-corrected chi connectivity index (χ3v) is 5.04. The second-order valence-corrected chi connectivity index (χ2v) is 7.12. The lowest BCUT2D eigenvalue weighted by Crippen LogP contribution is -2.24. The number of anilines is 3. The molecule has 0 aliphatic heterocycles. The zero-order chi connectivity index (χ0) is 18.9. The molecule has 0 bridgehead atoms. The van der Waals surface area contributed by atoms with E-state index in [1.54, 1.807) is 12.5 Å². The van der Waals surface area contributed by atoms with Crippen molar-refractivity contribution in [2.75, 3.05) is 16.8 Å². The molecular formula is C20H22N8. The summed E-state index contributed by atoms with van der Waals surface area (Å²) in [5.74, 6) is 2.86. The van der Waals surface area contributed by atoms with Gasteiger partial charge < -0.3 is 15.2 Å². The van der Waals surface area contributed by atoms with Crippen molar-refractivity contribution < 1.29 is 0 Å². The van der Waals surface area contributed by atoms with Gasteiger partial charge in [-0.15, -0.1) is 0 Å². The van der Waals surface area contributed by atoms with Gasteiger partial charge in [0.2, 0.25) is 5.95 Å². The third kappa shape index (κ3) is 3.40. The molecule has 8 heteroatoms. The van der Waals surface area contributed by atoms with E-state index < -0.39 is 0 Å². The lowest BCUT2D eigenvalue weighted by molar-refractivity contribution is 0.793. The molecule has 0 amide bonds. The maximum atomic E-state index is 4.69. The lowest BCUT2D eigenvalue weighted by atomic mass is 10.2. The van der Waals surface area contributed by atoms with E-state index in [1.807, 2.05) is 12.1 Å². The van der Waals surface area contributed by atoms with Crippen molar-refractivity contribution in [3.63, 3.8) is 0 Å². The fourth-order valence-corrected chi connectivity index (χ4v) is 3.33. The number of imidazole rings is 1. The van der Waals surface area contributed by atoms with Crippen molar-refractivity contribution in [1.82, 2.24) is 30.1 Å². The SMILES string of the molecule is CCN(Cc1ccc2nc[nH]c2c1)c1nccc(Nc2cc(C3CC3)[nH]n2)n1. The van der Waals surface area contributed by atoms with Gasteiger partial charge >= 0.3 is 0 Å². The summed E-state index contributed by atoms with van der Waals surface area (Å²) in [6, 6.07) is 10.2. The van der Waals surface area contributed by atoms with Gasteiger partial charge in [0.05, 0.1) is 17.4 Å². The number of H-pyrrole nitrogens is 2. The minimum atomic E-state index is 0.645. The molecular weight excluding hydrogens is 352 g/mol. The Bertz CT molecular complexity index is 1090. The average molecular weight is 374 g/mol. The van der Waals surface area contributed by atoms with Crippen LogP contribution in [0, 0.1) is 0 Å². The minimum Gasteiger partial charge on any atom is -0.345 e. The van der Waals surface area contributed by atoms with Crippen LogP contribution in [0.25, 0.3) is 11.0 Å². The van der Waals surface area contributed by atoms with Gasteiger partial charge in [0.25, 0.3) is 0 Å². The molecule has 1 aliphatic carbocycles. The lowest BCUT2D eigenvalue weighted by Gasteiger charge is -2.21. The van der Waals surface area contributed by atoms with Gasteiger partial charge in [0.15, 0.2) is 5.82 Å². The summed E-state index contributed by atoms with van der Waals surface area (Å²) >= 11 is 0. The summed E-state index contributed by atoms with van der Waals surface area (Å²) in [5.41, 5.74) is 4.39. The van der Waals surface area contributed by atoms with E-state index in [-0.39, 0.29) is 0 Å². The summed E-state index contributed by atoms with van der Waals surface area (Å²) in [7, 11) is 0. The maximum Gasteiger partial charge on any atom is 0.227 e. The van der Waals surface area contributed by atoms with Gasteiger partial charge in [-0.25, -0.2) is 9.97 Å². The van der Waals surface area contributed by atoms with Gasteiger partial charge in [0, 0.05) is 37.0 Å². The van der Waals surface area contributed by atoms with E-state index in [0.29, 0.717) is 11.9 Å². The molecule has 0 radical (unpaired) electrons. The van der Waals surface area contributed by atoms with E-state index >= 15 is 0 Å². The molecule has 4 aromatic rings. The summed E-state index contributed by atoms with van der Waals surface area (Å²) < 4.78 is 0. The predicted octanol–water partition coefficient (Wildman–Crippen LogP) is 3.72. The normalized spacial score (nSPS) is 13.8. The number of nitrogens with zero attached hydrogens (tertiary/aromatic N) is 5. The van der Waals surface area contributed by atoms with Gasteiger partial charge in [-0.05, 0) is 43.5 Å². The first-order valence-electron chi connectivity index (χ1n) is 9.61. The first-order valence-corrected chi connectivity index (χ1v) is 9.61. The van der Waals surface area contributed by atoms with E-state index in [1.165, 1.54) is 24.1 Å². The zero-order valence-corrected chi connectivity index (χ0v) is 15.7. The zero-order valence-electron chi connectivity index (χ0n) is 15.7. The van der Waals surface area contributed by atoms with E-state index in [2.05, 4.69) is 65.5 Å². The molecule has 0 spiro atoms. The molecule has 1 fully saturated rings. The highest BCUT2D eigenvalue weighted by atomic mass is 15.3. The Labute approximate surface area is 162 Å². The first kappa shape index (κ1) is 16.7. The van der Waals surface area contributed by atoms with Crippen LogP contribution in [0.3, 0.4) is 0 Å². The number of aromatic amines is 2. The summed E-state index contributed by atoms with van der Waals surface area (Å²) in [6.07, 6.45) is 5.98. The summed E-state index contributed by atoms with van der Waals surface area (Å²) in [5, 5.41) is 10.7. The van der Waals surface area contributed by atoms with Crippen LogP contribution in [0.4, 0.5) is 17.6 Å². The van der Waals surface area contributed by atoms with E-state index in [4.69, 9.17) is 0 Å². The van der Waals surface area contributed by atoms with Crippen molar-refractivity contribution >= 4 is 28.6 Å². The molecule has 1 aromatic carbocycles. The number of rotatable bonds is 7. The van der Waals surface area contributed by atoms with Crippen molar-refractivity contribution in [3.05, 3.63) is 54.1 Å². The van der Waals surface area contributed by atoms with Gasteiger partial charge in [-0.2, -0.15) is 10.1 Å².